The van der Waals surface area contributed by atoms with E-state index in [4.69, 9.17) is 9.47 Å². The van der Waals surface area contributed by atoms with E-state index in [1.807, 2.05) is 0 Å². The molecule has 1 unspecified atom stereocenters. The van der Waals surface area contributed by atoms with E-state index in [1.54, 1.807) is 12.1 Å². The van der Waals surface area contributed by atoms with Crippen LogP contribution in [0.1, 0.15) is 17.9 Å². The minimum atomic E-state index is -1.37. The number of hydrogen-bond acceptors (Lipinski definition) is 4. The molecule has 5 heteroatoms. The lowest BCUT2D eigenvalue weighted by atomic mass is 9.75. The van der Waals surface area contributed by atoms with Crippen LogP contribution in [-0.4, -0.2) is 26.0 Å². The highest BCUT2D eigenvalue weighted by molar-refractivity contribution is 6.14. The van der Waals surface area contributed by atoms with Crippen LogP contribution in [0.4, 0.5) is 4.39 Å². The van der Waals surface area contributed by atoms with Gasteiger partial charge >= 0.3 is 5.97 Å². The molecule has 0 aromatic heterocycles. The average molecular weight is 316 g/mol. The summed E-state index contributed by atoms with van der Waals surface area (Å²) in [6.45, 7) is 4.03. The second-order valence-corrected chi connectivity index (χ2v) is 5.88. The highest BCUT2D eigenvalue weighted by Gasteiger charge is 2.62. The van der Waals surface area contributed by atoms with Gasteiger partial charge in [-0.2, -0.15) is 0 Å². The van der Waals surface area contributed by atoms with E-state index < -0.39 is 11.4 Å². The van der Waals surface area contributed by atoms with Crippen LogP contribution in [0.5, 0.6) is 0 Å². The van der Waals surface area contributed by atoms with Gasteiger partial charge in [-0.15, -0.1) is 0 Å². The van der Waals surface area contributed by atoms with Gasteiger partial charge in [-0.3, -0.25) is 9.59 Å². The van der Waals surface area contributed by atoms with E-state index in [2.05, 4.69) is 6.58 Å². The summed E-state index contributed by atoms with van der Waals surface area (Å²) in [6, 6.07) is 6.00. The van der Waals surface area contributed by atoms with Crippen molar-refractivity contribution in [2.75, 3.05) is 14.2 Å². The number of benzene rings is 1. The third kappa shape index (κ3) is 2.03. The van der Waals surface area contributed by atoms with Gasteiger partial charge in [-0.1, -0.05) is 18.7 Å². The average Bonchev–Trinajstić information content (AvgIpc) is 2.82. The lowest BCUT2D eigenvalue weighted by molar-refractivity contribution is -0.154. The fourth-order valence-corrected chi connectivity index (χ4v) is 3.77. The van der Waals surface area contributed by atoms with Gasteiger partial charge in [-0.25, -0.2) is 4.39 Å². The standard InChI is InChI=1S/C18H17FO4/c1-10-16(11-4-6-12(19)7-5-11)13-9-18(10,17(21)23-3)15(20)8-14(13)22-2/h4-8,13,16H,1,9H2,2-3H3/t13-,16?,18-/m1/s1. The number of fused-ring (bicyclic) bond motifs is 2. The molecule has 23 heavy (non-hydrogen) atoms. The highest BCUT2D eigenvalue weighted by Crippen LogP contribution is 2.59. The van der Waals surface area contributed by atoms with Gasteiger partial charge in [0.05, 0.1) is 14.2 Å². The van der Waals surface area contributed by atoms with E-state index in [-0.39, 0.29) is 29.9 Å². The smallest absolute Gasteiger partial charge is 0.323 e. The van der Waals surface area contributed by atoms with E-state index >= 15 is 0 Å². The van der Waals surface area contributed by atoms with Gasteiger partial charge in [0, 0.05) is 17.9 Å². The number of halogens is 1. The lowest BCUT2D eigenvalue weighted by Gasteiger charge is -2.27. The van der Waals surface area contributed by atoms with Crippen molar-refractivity contribution >= 4 is 11.8 Å². The molecular weight excluding hydrogens is 299 g/mol. The molecule has 0 aliphatic heterocycles. The van der Waals surface area contributed by atoms with Crippen LogP contribution >= 0.6 is 0 Å². The molecule has 4 nitrogen and oxygen atoms in total. The molecule has 0 amide bonds. The Kier molecular flexibility index (Phi) is 3.59. The minimum absolute atomic E-state index is 0.199. The van der Waals surface area contributed by atoms with E-state index in [9.17, 15) is 14.0 Å². The Morgan fingerprint density at radius 1 is 1.30 bits per heavy atom. The molecule has 3 rings (SSSR count). The molecule has 0 saturated heterocycles. The summed E-state index contributed by atoms with van der Waals surface area (Å²) < 4.78 is 23.4. The quantitative estimate of drug-likeness (QED) is 0.489. The van der Waals surface area contributed by atoms with Gasteiger partial charge in [-0.05, 0) is 29.7 Å². The first-order valence-electron chi connectivity index (χ1n) is 7.29. The summed E-state index contributed by atoms with van der Waals surface area (Å²) in [5.41, 5.74) is -0.0976. The molecule has 1 saturated carbocycles. The number of rotatable bonds is 3. The molecule has 2 aliphatic carbocycles. The Labute approximate surface area is 133 Å². The summed E-state index contributed by atoms with van der Waals surface area (Å²) in [5, 5.41) is 0. The Morgan fingerprint density at radius 3 is 2.52 bits per heavy atom. The molecule has 1 aromatic rings. The predicted molar refractivity (Wildman–Crippen MR) is 80.9 cm³/mol. The van der Waals surface area contributed by atoms with Crippen molar-refractivity contribution in [1.29, 1.82) is 0 Å². The number of carbonyl (C=O) groups excluding carboxylic acids is 2. The van der Waals surface area contributed by atoms with Crippen LogP contribution in [0.15, 0.2) is 48.3 Å². The largest absolute Gasteiger partial charge is 0.501 e. The van der Waals surface area contributed by atoms with Crippen molar-refractivity contribution < 1.29 is 23.5 Å². The Morgan fingerprint density at radius 2 is 1.96 bits per heavy atom. The summed E-state index contributed by atoms with van der Waals surface area (Å²) in [6.07, 6.45) is 1.62. The number of methoxy groups -OCH3 is 2. The number of carbonyl (C=O) groups is 2. The van der Waals surface area contributed by atoms with E-state index in [1.165, 1.54) is 32.4 Å². The second-order valence-electron chi connectivity index (χ2n) is 5.88. The number of allylic oxidation sites excluding steroid dienone is 2. The molecule has 2 aliphatic rings. The first kappa shape index (κ1) is 15.5. The third-order valence-corrected chi connectivity index (χ3v) is 4.91. The Balaban J connectivity index is 2.15. The highest BCUT2D eigenvalue weighted by atomic mass is 19.1. The van der Waals surface area contributed by atoms with Crippen molar-refractivity contribution in [2.24, 2.45) is 11.3 Å². The number of hydrogen-bond donors (Lipinski definition) is 0. The second kappa shape index (κ2) is 5.33. The van der Waals surface area contributed by atoms with Gasteiger partial charge in [0.1, 0.15) is 11.6 Å². The zero-order valence-electron chi connectivity index (χ0n) is 13.0. The fraction of sp³-hybridized carbons (Fsp3) is 0.333. The SMILES string of the molecule is C=C1C(c2ccc(F)cc2)[C@@H]2C[C@]1(C(=O)OC)C(=O)C=C2OC. The summed E-state index contributed by atoms with van der Waals surface area (Å²) in [4.78, 5) is 25.0. The molecule has 0 radical (unpaired) electrons. The van der Waals surface area contributed by atoms with Crippen LogP contribution in [0, 0.1) is 17.2 Å². The molecule has 3 atom stereocenters. The third-order valence-electron chi connectivity index (χ3n) is 4.91. The Hall–Kier alpha value is -2.43. The first-order chi connectivity index (χ1) is 11.0. The number of esters is 1. The number of ether oxygens (including phenoxy) is 2. The molecule has 0 spiro atoms. The van der Waals surface area contributed by atoms with Crippen molar-refractivity contribution in [3.8, 4) is 0 Å². The summed E-state index contributed by atoms with van der Waals surface area (Å²) in [7, 11) is 2.75. The zero-order chi connectivity index (χ0) is 16.8. The number of ketones is 1. The zero-order valence-corrected chi connectivity index (χ0v) is 13.0. The maximum absolute atomic E-state index is 13.2. The Bertz CT molecular complexity index is 719. The monoisotopic (exact) mass is 316 g/mol. The molecule has 0 N–H and O–H groups in total. The maximum atomic E-state index is 13.2. The van der Waals surface area contributed by atoms with Gasteiger partial charge in [0.15, 0.2) is 11.2 Å². The summed E-state index contributed by atoms with van der Waals surface area (Å²) in [5.74, 6) is -1.30. The van der Waals surface area contributed by atoms with Crippen molar-refractivity contribution in [2.45, 2.75) is 12.3 Å². The van der Waals surface area contributed by atoms with E-state index in [0.717, 1.165) is 5.56 Å². The topological polar surface area (TPSA) is 52.6 Å². The van der Waals surface area contributed by atoms with Crippen LogP contribution < -0.4 is 0 Å². The first-order valence-corrected chi connectivity index (χ1v) is 7.29. The van der Waals surface area contributed by atoms with E-state index in [0.29, 0.717) is 11.3 Å². The molecular formula is C18H17FO4. The minimum Gasteiger partial charge on any atom is -0.501 e. The molecule has 1 aromatic carbocycles. The summed E-state index contributed by atoms with van der Waals surface area (Å²) >= 11 is 0. The molecule has 120 valence electrons. The predicted octanol–water partition coefficient (Wildman–Crippen LogP) is 2.76. The molecule has 1 fully saturated rings. The normalized spacial score (nSPS) is 29.3. The fourth-order valence-electron chi connectivity index (χ4n) is 3.77. The van der Waals surface area contributed by atoms with Crippen LogP contribution in [0.3, 0.4) is 0 Å². The van der Waals surface area contributed by atoms with Crippen LogP contribution in [0.2, 0.25) is 0 Å². The van der Waals surface area contributed by atoms with Crippen LogP contribution in [-0.2, 0) is 19.1 Å². The van der Waals surface area contributed by atoms with Crippen molar-refractivity contribution in [3.63, 3.8) is 0 Å². The van der Waals surface area contributed by atoms with Crippen molar-refractivity contribution in [1.82, 2.24) is 0 Å². The lowest BCUT2D eigenvalue weighted by Crippen LogP contribution is -2.40. The van der Waals surface area contributed by atoms with Crippen LogP contribution in [0.25, 0.3) is 0 Å². The van der Waals surface area contributed by atoms with Gasteiger partial charge in [0.25, 0.3) is 0 Å². The van der Waals surface area contributed by atoms with Gasteiger partial charge < -0.3 is 9.47 Å². The van der Waals surface area contributed by atoms with Gasteiger partial charge in [0.2, 0.25) is 0 Å². The maximum Gasteiger partial charge on any atom is 0.323 e. The van der Waals surface area contributed by atoms with Crippen molar-refractivity contribution in [3.05, 3.63) is 59.6 Å². The molecule has 0 heterocycles. The molecule has 2 bridgehead atoms.